The highest BCUT2D eigenvalue weighted by molar-refractivity contribution is 6.10. The molecule has 630 valence electrons. The lowest BCUT2D eigenvalue weighted by Gasteiger charge is -2.31. The Hall–Kier alpha value is -16.2. The lowest BCUT2D eigenvalue weighted by molar-refractivity contribution is 0.666. The van der Waals surface area contributed by atoms with Crippen molar-refractivity contribution in [1.82, 2.24) is 0 Å². The lowest BCUT2D eigenvalue weighted by Crippen LogP contribution is -2.17. The molecule has 3 heteroatoms. The molecule has 132 heavy (non-hydrogen) atoms. The number of para-hydroxylation sites is 4. The molecule has 0 N–H and O–H groups in total. The molecule has 0 radical (unpaired) electrons. The summed E-state index contributed by atoms with van der Waals surface area (Å²) in [4.78, 5) is 7.38. The molecule has 0 atom stereocenters. The highest BCUT2D eigenvalue weighted by Gasteiger charge is 2.43. The Kier molecular flexibility index (Phi) is 21.1. The summed E-state index contributed by atoms with van der Waals surface area (Å²) in [6.07, 6.45) is 0. The van der Waals surface area contributed by atoms with Crippen LogP contribution in [0.25, 0.3) is 132 Å². The number of hydrogen-bond acceptors (Lipinski definition) is 3. The van der Waals surface area contributed by atoms with E-state index in [9.17, 15) is 0 Å². The molecule has 0 unspecified atom stereocenters. The van der Waals surface area contributed by atoms with Crippen LogP contribution >= 0.6 is 0 Å². The second-order valence-electron chi connectivity index (χ2n) is 36.5. The second kappa shape index (κ2) is 34.1. The van der Waals surface area contributed by atoms with Crippen molar-refractivity contribution in [3.8, 4) is 100 Å². The van der Waals surface area contributed by atoms with E-state index in [2.05, 4.69) is 548 Å². The summed E-state index contributed by atoms with van der Waals surface area (Å²) in [6, 6.07) is 178. The van der Waals surface area contributed by atoms with Crippen molar-refractivity contribution in [3.05, 3.63) is 525 Å². The largest absolute Gasteiger partial charge is 0.310 e. The van der Waals surface area contributed by atoms with E-state index in [0.717, 1.165) is 34.1 Å². The lowest BCUT2D eigenvalue weighted by atomic mass is 9.80. The zero-order valence-corrected chi connectivity index (χ0v) is 75.1. The van der Waals surface area contributed by atoms with Crippen molar-refractivity contribution in [1.29, 1.82) is 0 Å². The maximum absolute atomic E-state index is 2.49. The first-order chi connectivity index (χ1) is 64.8. The average molecular weight is 1690 g/mol. The van der Waals surface area contributed by atoms with Crippen molar-refractivity contribution in [2.24, 2.45) is 0 Å². The molecule has 0 fully saturated rings. The van der Waals surface area contributed by atoms with Crippen molar-refractivity contribution in [2.75, 3.05) is 14.7 Å². The van der Waals surface area contributed by atoms with Gasteiger partial charge in [0, 0.05) is 66.9 Å². The second-order valence-corrected chi connectivity index (χ2v) is 36.5. The first-order valence-electron chi connectivity index (χ1n) is 46.1. The Bertz CT molecular complexity index is 7870. The molecule has 24 rings (SSSR count). The number of fused-ring (bicyclic) bond motifs is 15. The highest BCUT2D eigenvalue weighted by atomic mass is 15.2. The number of hydrogen-bond donors (Lipinski definition) is 0. The van der Waals surface area contributed by atoms with Crippen LogP contribution in [0.3, 0.4) is 0 Å². The third kappa shape index (κ3) is 14.5. The molecule has 0 saturated carbocycles. The van der Waals surface area contributed by atoms with Crippen molar-refractivity contribution in [2.45, 2.75) is 57.8 Å². The van der Waals surface area contributed by atoms with E-state index >= 15 is 0 Å². The molecule has 0 aromatic heterocycles. The molecule has 3 nitrogen and oxygen atoms in total. The number of nitrogens with zero attached hydrogens (tertiary/aromatic N) is 3. The summed E-state index contributed by atoms with van der Waals surface area (Å²) in [5, 5.41) is 7.75. The van der Waals surface area contributed by atoms with Gasteiger partial charge in [-0.1, -0.05) is 442 Å². The molecule has 0 bridgehead atoms. The Morgan fingerprint density at radius 2 is 0.409 bits per heavy atom. The molecule has 0 amide bonds. The van der Waals surface area contributed by atoms with Gasteiger partial charge in [0.2, 0.25) is 0 Å². The Morgan fingerprint density at radius 1 is 0.152 bits per heavy atom. The van der Waals surface area contributed by atoms with E-state index in [-0.39, 0.29) is 16.2 Å². The minimum Gasteiger partial charge on any atom is -0.310 e. The average Bonchev–Trinajstić information content (AvgIpc) is 1.55. The maximum atomic E-state index is 2.49. The van der Waals surface area contributed by atoms with Crippen LogP contribution in [0.5, 0.6) is 0 Å². The van der Waals surface area contributed by atoms with Crippen LogP contribution in [0.15, 0.2) is 491 Å². The number of anilines is 9. The number of benzene rings is 21. The van der Waals surface area contributed by atoms with Gasteiger partial charge < -0.3 is 14.7 Å². The first-order valence-corrected chi connectivity index (χ1v) is 46.1. The molecule has 3 aliphatic rings. The highest BCUT2D eigenvalue weighted by Crippen LogP contribution is 2.62. The predicted molar refractivity (Wildman–Crippen MR) is 561 cm³/mol. The summed E-state index contributed by atoms with van der Waals surface area (Å²) >= 11 is 0. The standard InChI is InChI=1S/3C43H33N/c1-43(2)38-27-15-13-26-37(38)41-40(29-31-19-9-10-23-34(31)42(41)43)44(32-20-7-4-8-21-32)39-28-16-14-25-36(39)35-24-12-11-22-33(35)30-17-5-3-6-18-30;1-43(2)39-26-12-11-25-38(39)41-40(29-34-17-9-10-24-37(34)42(41)43)44(35-21-7-4-8-22-35)36-23-14-20-33(28-36)32-19-13-18-31(27-32)30-15-5-3-6-16-30;1-43(2)39-20-12-11-19-38(39)41-40(29-34-15-9-10-18-37(34)42(41)43)44(35-16-7-4-8-17-35)36-27-25-33(26-28-36)32-23-21-31(22-24-32)30-13-5-3-6-14-30/h3*3-29H,1-2H3. The fourth-order valence-electron chi connectivity index (χ4n) is 21.5. The molecule has 0 spiro atoms. The summed E-state index contributed by atoms with van der Waals surface area (Å²) in [5.41, 5.74) is 41.0. The molecule has 21 aromatic carbocycles. The van der Waals surface area contributed by atoms with Gasteiger partial charge in [0.25, 0.3) is 0 Å². The minimum atomic E-state index is -0.136. The third-order valence-electron chi connectivity index (χ3n) is 27.6. The van der Waals surface area contributed by atoms with E-state index in [1.54, 1.807) is 0 Å². The van der Waals surface area contributed by atoms with Crippen molar-refractivity contribution >= 4 is 83.5 Å². The smallest absolute Gasteiger partial charge is 0.0549 e. The SMILES string of the molecule is CC1(C)c2ccccc2-c2c(N(c3ccccc3)c3ccc(-c4ccc(-c5ccccc5)cc4)cc3)cc3ccccc3c21.CC1(C)c2ccccc2-c2c(N(c3ccccc3)c3cccc(-c4cccc(-c5ccccc5)c4)c3)cc3ccccc3c21.CC1(C)c2ccccc2-c2c(N(c3ccccc3)c3ccccc3-c3ccccc3-c3ccccc3)cc3ccccc3c21. The van der Waals surface area contributed by atoms with Gasteiger partial charge in [-0.3, -0.25) is 0 Å². The van der Waals surface area contributed by atoms with Gasteiger partial charge in [-0.05, 0) is 235 Å². The zero-order valence-electron chi connectivity index (χ0n) is 75.1. The van der Waals surface area contributed by atoms with E-state index in [4.69, 9.17) is 0 Å². The molecule has 21 aromatic rings. The predicted octanol–water partition coefficient (Wildman–Crippen LogP) is 35.8. The third-order valence-corrected chi connectivity index (χ3v) is 27.6. The van der Waals surface area contributed by atoms with Gasteiger partial charge >= 0.3 is 0 Å². The Balaban J connectivity index is 0.000000116. The maximum Gasteiger partial charge on any atom is 0.0549 e. The molecule has 3 aliphatic carbocycles. The van der Waals surface area contributed by atoms with Gasteiger partial charge in [0.05, 0.1) is 22.7 Å². The summed E-state index contributed by atoms with van der Waals surface area (Å²) < 4.78 is 0. The van der Waals surface area contributed by atoms with Gasteiger partial charge in [-0.15, -0.1) is 0 Å². The first kappa shape index (κ1) is 81.5. The molecular formula is C129H99N3. The van der Waals surface area contributed by atoms with Crippen LogP contribution in [0.1, 0.15) is 74.9 Å². The molecule has 0 saturated heterocycles. The Labute approximate surface area is 775 Å². The normalized spacial score (nSPS) is 13.0. The van der Waals surface area contributed by atoms with Gasteiger partial charge in [0.1, 0.15) is 0 Å². The van der Waals surface area contributed by atoms with Crippen LogP contribution in [-0.2, 0) is 16.2 Å². The Morgan fingerprint density at radius 3 is 0.833 bits per heavy atom. The van der Waals surface area contributed by atoms with Gasteiger partial charge in [-0.25, -0.2) is 0 Å². The molecule has 0 aliphatic heterocycles. The monoisotopic (exact) mass is 1690 g/mol. The van der Waals surface area contributed by atoms with E-state index in [0.29, 0.717) is 0 Å². The van der Waals surface area contributed by atoms with Gasteiger partial charge in [0.15, 0.2) is 0 Å². The zero-order chi connectivity index (χ0) is 89.0. The van der Waals surface area contributed by atoms with Crippen molar-refractivity contribution < 1.29 is 0 Å². The van der Waals surface area contributed by atoms with Crippen LogP contribution in [0, 0.1) is 0 Å². The van der Waals surface area contributed by atoms with Crippen LogP contribution in [0.2, 0.25) is 0 Å². The summed E-state index contributed by atoms with van der Waals surface area (Å²) in [7, 11) is 0. The summed E-state index contributed by atoms with van der Waals surface area (Å²) in [6.45, 7) is 14.3. The van der Waals surface area contributed by atoms with Crippen molar-refractivity contribution in [3.63, 3.8) is 0 Å². The van der Waals surface area contributed by atoms with E-state index in [1.165, 1.54) is 183 Å². The topological polar surface area (TPSA) is 9.72 Å². The van der Waals surface area contributed by atoms with Crippen LogP contribution < -0.4 is 14.7 Å². The fourth-order valence-corrected chi connectivity index (χ4v) is 21.5. The van der Waals surface area contributed by atoms with Crippen LogP contribution in [0.4, 0.5) is 51.2 Å². The van der Waals surface area contributed by atoms with E-state index < -0.39 is 0 Å². The van der Waals surface area contributed by atoms with Gasteiger partial charge in [-0.2, -0.15) is 0 Å². The molecular weight excluding hydrogens is 1590 g/mol. The van der Waals surface area contributed by atoms with E-state index in [1.807, 2.05) is 0 Å². The minimum absolute atomic E-state index is 0.111. The quantitative estimate of drug-likeness (QED) is 0.101. The van der Waals surface area contributed by atoms with Crippen LogP contribution in [-0.4, -0.2) is 0 Å². The summed E-state index contributed by atoms with van der Waals surface area (Å²) in [5.74, 6) is 0. The number of rotatable bonds is 15. The fraction of sp³-hybridized carbons (Fsp3) is 0.0698. The molecule has 0 heterocycles.